The second-order valence-corrected chi connectivity index (χ2v) is 3.88. The minimum absolute atomic E-state index is 0.0881. The predicted octanol–water partition coefficient (Wildman–Crippen LogP) is 1.02. The van der Waals surface area contributed by atoms with Gasteiger partial charge in [-0.25, -0.2) is 5.32 Å². The summed E-state index contributed by atoms with van der Waals surface area (Å²) in [6.45, 7) is 6.12. The number of aliphatic hydroxyl groups is 1. The molecule has 2 atom stereocenters. The molecule has 0 aromatic heterocycles. The van der Waals surface area contributed by atoms with Crippen molar-refractivity contribution in [1.29, 1.82) is 0 Å². The van der Waals surface area contributed by atoms with E-state index in [9.17, 15) is 5.11 Å². The number of rotatable bonds is 2. The summed E-state index contributed by atoms with van der Waals surface area (Å²) in [5, 5.41) is 13.9. The Hall–Kier alpha value is -0.0800. The Morgan fingerprint density at radius 3 is 2.82 bits per heavy atom. The average Bonchev–Trinajstić information content (AvgIpc) is 1.93. The SMILES string of the molecule is CC(C)CC1C[N]CCC1O. The molecule has 1 aliphatic rings. The van der Waals surface area contributed by atoms with E-state index in [1.807, 2.05) is 0 Å². The topological polar surface area (TPSA) is 34.3 Å². The Balaban J connectivity index is 2.29. The zero-order valence-corrected chi connectivity index (χ0v) is 7.45. The maximum Gasteiger partial charge on any atom is 0.0594 e. The number of aliphatic hydroxyl groups excluding tert-OH is 1. The van der Waals surface area contributed by atoms with Crippen molar-refractivity contribution in [2.45, 2.75) is 32.8 Å². The molecule has 1 N–H and O–H groups in total. The molecule has 0 bridgehead atoms. The second-order valence-electron chi connectivity index (χ2n) is 3.88. The van der Waals surface area contributed by atoms with Gasteiger partial charge < -0.3 is 5.11 Å². The Morgan fingerprint density at radius 2 is 2.27 bits per heavy atom. The van der Waals surface area contributed by atoms with Gasteiger partial charge in [0.1, 0.15) is 0 Å². The number of piperidine rings is 1. The van der Waals surface area contributed by atoms with Crippen molar-refractivity contribution < 1.29 is 5.11 Å². The van der Waals surface area contributed by atoms with Crippen molar-refractivity contribution in [3.05, 3.63) is 0 Å². The summed E-state index contributed by atoms with van der Waals surface area (Å²) in [5.41, 5.74) is 0. The molecular weight excluding hydrogens is 138 g/mol. The third kappa shape index (κ3) is 2.80. The minimum atomic E-state index is -0.0881. The van der Waals surface area contributed by atoms with E-state index < -0.39 is 0 Å². The molecule has 1 saturated heterocycles. The fourth-order valence-electron chi connectivity index (χ4n) is 1.68. The largest absolute Gasteiger partial charge is 0.393 e. The highest BCUT2D eigenvalue weighted by Crippen LogP contribution is 2.19. The summed E-state index contributed by atoms with van der Waals surface area (Å²) < 4.78 is 0. The van der Waals surface area contributed by atoms with Crippen LogP contribution in [0.2, 0.25) is 0 Å². The van der Waals surface area contributed by atoms with Gasteiger partial charge in [0, 0.05) is 13.1 Å². The van der Waals surface area contributed by atoms with Crippen LogP contribution in [0.1, 0.15) is 26.7 Å². The first kappa shape index (κ1) is 9.01. The van der Waals surface area contributed by atoms with E-state index in [2.05, 4.69) is 19.2 Å². The smallest absolute Gasteiger partial charge is 0.0594 e. The van der Waals surface area contributed by atoms with Gasteiger partial charge >= 0.3 is 0 Å². The van der Waals surface area contributed by atoms with Crippen LogP contribution < -0.4 is 5.32 Å². The fraction of sp³-hybridized carbons (Fsp3) is 1.00. The van der Waals surface area contributed by atoms with Crippen molar-refractivity contribution in [2.75, 3.05) is 13.1 Å². The van der Waals surface area contributed by atoms with Gasteiger partial charge in [-0.3, -0.25) is 0 Å². The Morgan fingerprint density at radius 1 is 1.55 bits per heavy atom. The molecule has 11 heavy (non-hydrogen) atoms. The van der Waals surface area contributed by atoms with E-state index in [-0.39, 0.29) is 6.10 Å². The van der Waals surface area contributed by atoms with Crippen molar-refractivity contribution in [1.82, 2.24) is 5.32 Å². The van der Waals surface area contributed by atoms with E-state index in [0.717, 1.165) is 25.9 Å². The lowest BCUT2D eigenvalue weighted by Gasteiger charge is -2.28. The standard InChI is InChI=1S/C9H18NO/c1-7(2)5-8-6-10-4-3-9(8)11/h7-9,11H,3-6H2,1-2H3. The van der Waals surface area contributed by atoms with Crippen LogP contribution >= 0.6 is 0 Å². The fourth-order valence-corrected chi connectivity index (χ4v) is 1.68. The maximum absolute atomic E-state index is 9.56. The highest BCUT2D eigenvalue weighted by Gasteiger charge is 2.23. The zero-order valence-electron chi connectivity index (χ0n) is 7.45. The molecule has 1 heterocycles. The van der Waals surface area contributed by atoms with Crippen LogP contribution in [0.5, 0.6) is 0 Å². The Kier molecular flexibility index (Phi) is 3.34. The quantitative estimate of drug-likeness (QED) is 0.636. The van der Waals surface area contributed by atoms with Crippen LogP contribution in [0.3, 0.4) is 0 Å². The molecule has 1 rings (SSSR count). The van der Waals surface area contributed by atoms with Crippen LogP contribution in [0.25, 0.3) is 0 Å². The molecule has 1 fully saturated rings. The highest BCUT2D eigenvalue weighted by atomic mass is 16.3. The third-order valence-corrected chi connectivity index (χ3v) is 2.26. The Labute approximate surface area is 69.0 Å². The van der Waals surface area contributed by atoms with Crippen LogP contribution in [0.15, 0.2) is 0 Å². The molecule has 0 aliphatic carbocycles. The molecule has 1 aliphatic heterocycles. The molecule has 2 heteroatoms. The molecule has 0 aromatic rings. The summed E-state index contributed by atoms with van der Waals surface area (Å²) in [6, 6.07) is 0. The van der Waals surface area contributed by atoms with E-state index >= 15 is 0 Å². The molecule has 0 saturated carbocycles. The summed E-state index contributed by atoms with van der Waals surface area (Å²) in [6.07, 6.45) is 1.90. The summed E-state index contributed by atoms with van der Waals surface area (Å²) >= 11 is 0. The van der Waals surface area contributed by atoms with Crippen molar-refractivity contribution >= 4 is 0 Å². The molecular formula is C9H18NO. The van der Waals surface area contributed by atoms with E-state index in [4.69, 9.17) is 0 Å². The molecule has 0 aromatic carbocycles. The van der Waals surface area contributed by atoms with Crippen LogP contribution in [-0.2, 0) is 0 Å². The average molecular weight is 156 g/mol. The van der Waals surface area contributed by atoms with E-state index in [0.29, 0.717) is 11.8 Å². The molecule has 0 spiro atoms. The van der Waals surface area contributed by atoms with Crippen LogP contribution in [0.4, 0.5) is 0 Å². The zero-order chi connectivity index (χ0) is 8.27. The second kappa shape index (κ2) is 4.07. The first-order valence-corrected chi connectivity index (χ1v) is 4.51. The van der Waals surface area contributed by atoms with Crippen LogP contribution in [0, 0.1) is 11.8 Å². The summed E-state index contributed by atoms with van der Waals surface area (Å²) in [5.74, 6) is 1.12. The number of hydrogen-bond donors (Lipinski definition) is 1. The van der Waals surface area contributed by atoms with Gasteiger partial charge in [0.05, 0.1) is 6.10 Å². The predicted molar refractivity (Wildman–Crippen MR) is 45.4 cm³/mol. The monoisotopic (exact) mass is 156 g/mol. The Bertz CT molecular complexity index is 114. The third-order valence-electron chi connectivity index (χ3n) is 2.26. The van der Waals surface area contributed by atoms with Gasteiger partial charge in [-0.2, -0.15) is 0 Å². The van der Waals surface area contributed by atoms with Gasteiger partial charge in [-0.1, -0.05) is 13.8 Å². The maximum atomic E-state index is 9.56. The molecule has 2 nitrogen and oxygen atoms in total. The normalized spacial score (nSPS) is 32.7. The van der Waals surface area contributed by atoms with Gasteiger partial charge in [0.15, 0.2) is 0 Å². The number of nitrogens with zero attached hydrogens (tertiary/aromatic N) is 1. The minimum Gasteiger partial charge on any atom is -0.393 e. The number of hydrogen-bond acceptors (Lipinski definition) is 1. The van der Waals surface area contributed by atoms with E-state index in [1.165, 1.54) is 0 Å². The van der Waals surface area contributed by atoms with Crippen molar-refractivity contribution in [3.8, 4) is 0 Å². The molecule has 0 amide bonds. The van der Waals surface area contributed by atoms with E-state index in [1.54, 1.807) is 0 Å². The molecule has 2 unspecified atom stereocenters. The molecule has 65 valence electrons. The lowest BCUT2D eigenvalue weighted by atomic mass is 9.88. The first-order chi connectivity index (χ1) is 5.20. The first-order valence-electron chi connectivity index (χ1n) is 4.51. The van der Waals surface area contributed by atoms with Gasteiger partial charge in [0.25, 0.3) is 0 Å². The van der Waals surface area contributed by atoms with Crippen molar-refractivity contribution in [3.63, 3.8) is 0 Å². The lowest BCUT2D eigenvalue weighted by Crippen LogP contribution is -2.36. The summed E-state index contributed by atoms with van der Waals surface area (Å²) in [4.78, 5) is 0. The van der Waals surface area contributed by atoms with Crippen LogP contribution in [-0.4, -0.2) is 24.3 Å². The lowest BCUT2D eigenvalue weighted by molar-refractivity contribution is 0.0666. The summed E-state index contributed by atoms with van der Waals surface area (Å²) in [7, 11) is 0. The van der Waals surface area contributed by atoms with Gasteiger partial charge in [0.2, 0.25) is 0 Å². The van der Waals surface area contributed by atoms with Crippen molar-refractivity contribution in [2.24, 2.45) is 11.8 Å². The molecule has 1 radical (unpaired) electrons. The van der Waals surface area contributed by atoms with Gasteiger partial charge in [-0.15, -0.1) is 0 Å². The van der Waals surface area contributed by atoms with Gasteiger partial charge in [-0.05, 0) is 24.7 Å². The highest BCUT2D eigenvalue weighted by molar-refractivity contribution is 4.77.